The van der Waals surface area contributed by atoms with Crippen LogP contribution in [0.1, 0.15) is 33.6 Å². The molecule has 7 atom stereocenters. The first kappa shape index (κ1) is 21.6. The molecule has 0 spiro atoms. The topological polar surface area (TPSA) is 88.1 Å². The minimum Gasteiger partial charge on any atom is -0.465 e. The molecule has 7 nitrogen and oxygen atoms in total. The highest BCUT2D eigenvalue weighted by Gasteiger charge is 2.39. The van der Waals surface area contributed by atoms with Gasteiger partial charge in [0.2, 0.25) is 0 Å². The molecule has 2 rings (SSSR count). The number of aldehydes is 1. The average molecular weight is 380 g/mol. The van der Waals surface area contributed by atoms with Gasteiger partial charge in [0.05, 0.1) is 31.5 Å². The van der Waals surface area contributed by atoms with E-state index in [1.807, 2.05) is 19.9 Å². The largest absolute Gasteiger partial charge is 0.465 e. The second kappa shape index (κ2) is 10.0. The van der Waals surface area contributed by atoms with Gasteiger partial charge in [-0.1, -0.05) is 26.0 Å². The molecule has 0 radical (unpaired) electrons. The Morgan fingerprint density at radius 1 is 1.44 bits per heavy atom. The summed E-state index contributed by atoms with van der Waals surface area (Å²) < 4.78 is 12.0. The minimum absolute atomic E-state index is 0.0195. The van der Waals surface area contributed by atoms with Gasteiger partial charge in [0, 0.05) is 12.0 Å². The lowest BCUT2D eigenvalue weighted by Gasteiger charge is -2.45. The average Bonchev–Trinajstić information content (AvgIpc) is 2.64. The number of allylic oxidation sites excluding steroid dienone is 1. The summed E-state index contributed by atoms with van der Waals surface area (Å²) in [6.07, 6.45) is 5.95. The zero-order valence-electron chi connectivity index (χ0n) is 16.4. The standard InChI is InChI=1S/C20H32N2O5/c1-5-7-17-14(3)10-16(15(4)27-17)21-19-12-26-18(11-22(19)20(24)25)13(2)8-6-9-23/h5-6,8-9,13-19,21H,1,7,10-12H2,2-4H3,(H,24,25)/t13?,14-,15+,16+,17-,18+,19?/m0/s1. The van der Waals surface area contributed by atoms with E-state index in [2.05, 4.69) is 18.8 Å². The van der Waals surface area contributed by atoms with Crippen LogP contribution in [0.15, 0.2) is 24.8 Å². The number of carbonyl (C=O) groups is 2. The molecule has 2 aliphatic rings. The van der Waals surface area contributed by atoms with E-state index in [4.69, 9.17) is 9.47 Å². The van der Waals surface area contributed by atoms with Crippen molar-refractivity contribution < 1.29 is 24.2 Å². The van der Waals surface area contributed by atoms with Crippen molar-refractivity contribution in [2.45, 2.75) is 64.1 Å². The van der Waals surface area contributed by atoms with E-state index in [9.17, 15) is 14.7 Å². The zero-order chi connectivity index (χ0) is 20.0. The second-order valence-electron chi connectivity index (χ2n) is 7.59. The molecule has 0 bridgehead atoms. The van der Waals surface area contributed by atoms with E-state index in [-0.39, 0.29) is 43.4 Å². The highest BCUT2D eigenvalue weighted by atomic mass is 16.5. The number of carboxylic acid groups (broad SMARTS) is 1. The molecule has 0 aromatic rings. The van der Waals surface area contributed by atoms with Crippen molar-refractivity contribution in [3.63, 3.8) is 0 Å². The summed E-state index contributed by atoms with van der Waals surface area (Å²) in [7, 11) is 0. The lowest BCUT2D eigenvalue weighted by molar-refractivity contribution is -0.112. The smallest absolute Gasteiger partial charge is 0.408 e. The molecule has 27 heavy (non-hydrogen) atoms. The molecule has 0 aromatic heterocycles. The second-order valence-corrected chi connectivity index (χ2v) is 7.59. The maximum absolute atomic E-state index is 11.8. The number of hydrogen-bond acceptors (Lipinski definition) is 5. The van der Waals surface area contributed by atoms with E-state index >= 15 is 0 Å². The van der Waals surface area contributed by atoms with Crippen molar-refractivity contribution >= 4 is 12.4 Å². The fourth-order valence-corrected chi connectivity index (χ4v) is 3.84. The molecule has 2 saturated heterocycles. The zero-order valence-corrected chi connectivity index (χ0v) is 16.4. The van der Waals surface area contributed by atoms with Crippen molar-refractivity contribution in [1.82, 2.24) is 10.2 Å². The Kier molecular flexibility index (Phi) is 8.01. The van der Waals surface area contributed by atoms with Gasteiger partial charge in [-0.25, -0.2) is 4.79 Å². The molecular formula is C20H32N2O5. The number of morpholine rings is 1. The lowest BCUT2D eigenvalue weighted by Crippen LogP contribution is -2.63. The van der Waals surface area contributed by atoms with E-state index in [0.717, 1.165) is 12.8 Å². The van der Waals surface area contributed by atoms with Crippen LogP contribution >= 0.6 is 0 Å². The first-order valence-corrected chi connectivity index (χ1v) is 9.62. The third-order valence-electron chi connectivity index (χ3n) is 5.57. The molecule has 7 heteroatoms. The highest BCUT2D eigenvalue weighted by molar-refractivity contribution is 5.66. The lowest BCUT2D eigenvalue weighted by atomic mass is 9.88. The summed E-state index contributed by atoms with van der Waals surface area (Å²) in [5.41, 5.74) is 0. The number of nitrogens with one attached hydrogen (secondary N) is 1. The maximum Gasteiger partial charge on any atom is 0.408 e. The Morgan fingerprint density at radius 2 is 2.19 bits per heavy atom. The molecule has 2 unspecified atom stereocenters. The van der Waals surface area contributed by atoms with Crippen LogP contribution in [0.4, 0.5) is 4.79 Å². The van der Waals surface area contributed by atoms with Gasteiger partial charge >= 0.3 is 6.09 Å². The number of ether oxygens (including phenoxy) is 2. The monoisotopic (exact) mass is 380 g/mol. The van der Waals surface area contributed by atoms with Crippen molar-refractivity contribution in [3.05, 3.63) is 24.8 Å². The fraction of sp³-hybridized carbons (Fsp3) is 0.700. The first-order chi connectivity index (χ1) is 12.9. The Morgan fingerprint density at radius 3 is 2.81 bits per heavy atom. The summed E-state index contributed by atoms with van der Waals surface area (Å²) in [6.45, 7) is 10.4. The van der Waals surface area contributed by atoms with Crippen LogP contribution in [-0.4, -0.2) is 66.1 Å². The number of hydrogen-bond donors (Lipinski definition) is 2. The van der Waals surface area contributed by atoms with Crippen LogP contribution in [-0.2, 0) is 14.3 Å². The van der Waals surface area contributed by atoms with Crippen LogP contribution in [0.2, 0.25) is 0 Å². The molecule has 0 saturated carbocycles. The van der Waals surface area contributed by atoms with Crippen LogP contribution in [0, 0.1) is 11.8 Å². The fourth-order valence-electron chi connectivity index (χ4n) is 3.84. The minimum atomic E-state index is -0.977. The molecule has 2 fully saturated rings. The van der Waals surface area contributed by atoms with Gasteiger partial charge in [-0.05, 0) is 31.8 Å². The van der Waals surface area contributed by atoms with Crippen molar-refractivity contribution in [1.29, 1.82) is 0 Å². The summed E-state index contributed by atoms with van der Waals surface area (Å²) in [5.74, 6) is 0.315. The third-order valence-corrected chi connectivity index (χ3v) is 5.57. The van der Waals surface area contributed by atoms with Gasteiger partial charge in [0.1, 0.15) is 12.5 Å². The van der Waals surface area contributed by atoms with Gasteiger partial charge in [-0.15, -0.1) is 6.58 Å². The summed E-state index contributed by atoms with van der Waals surface area (Å²) in [4.78, 5) is 23.7. The Bertz CT molecular complexity index is 552. The Labute approximate surface area is 161 Å². The predicted molar refractivity (Wildman–Crippen MR) is 102 cm³/mol. The summed E-state index contributed by atoms with van der Waals surface area (Å²) in [5, 5.41) is 13.1. The predicted octanol–water partition coefficient (Wildman–Crippen LogP) is 2.43. The summed E-state index contributed by atoms with van der Waals surface area (Å²) in [6, 6.07) is 0.0560. The molecular weight excluding hydrogens is 348 g/mol. The number of nitrogens with zero attached hydrogens (tertiary/aromatic N) is 1. The van der Waals surface area contributed by atoms with Crippen LogP contribution in [0.5, 0.6) is 0 Å². The highest BCUT2D eigenvalue weighted by Crippen LogP contribution is 2.28. The van der Waals surface area contributed by atoms with Crippen LogP contribution in [0.25, 0.3) is 0 Å². The molecule has 2 heterocycles. The third kappa shape index (κ3) is 5.64. The Balaban J connectivity index is 1.99. The van der Waals surface area contributed by atoms with Gasteiger partial charge in [0.15, 0.2) is 0 Å². The van der Waals surface area contributed by atoms with Gasteiger partial charge in [0.25, 0.3) is 0 Å². The van der Waals surface area contributed by atoms with Gasteiger partial charge < -0.3 is 14.6 Å². The number of rotatable bonds is 7. The van der Waals surface area contributed by atoms with E-state index in [1.165, 1.54) is 11.0 Å². The first-order valence-electron chi connectivity index (χ1n) is 9.62. The van der Waals surface area contributed by atoms with Crippen LogP contribution in [0.3, 0.4) is 0 Å². The van der Waals surface area contributed by atoms with Gasteiger partial charge in [-0.2, -0.15) is 0 Å². The van der Waals surface area contributed by atoms with Crippen molar-refractivity contribution in [2.24, 2.45) is 11.8 Å². The molecule has 0 aromatic carbocycles. The summed E-state index contributed by atoms with van der Waals surface area (Å²) >= 11 is 0. The molecule has 2 N–H and O–H groups in total. The van der Waals surface area contributed by atoms with E-state index < -0.39 is 12.3 Å². The molecule has 152 valence electrons. The molecule has 1 amide bonds. The van der Waals surface area contributed by atoms with E-state index in [0.29, 0.717) is 12.2 Å². The number of amides is 1. The number of carbonyl (C=O) groups excluding carboxylic acids is 1. The van der Waals surface area contributed by atoms with Crippen molar-refractivity contribution in [3.8, 4) is 0 Å². The molecule has 0 aliphatic carbocycles. The quantitative estimate of drug-likeness (QED) is 0.401. The SMILES string of the molecule is C=CC[C@@H]1O[C@H](C)[C@H](NC2CO[C@@H](C(C)C=CC=O)CN2C(=O)O)C[C@@H]1C. The van der Waals surface area contributed by atoms with Gasteiger partial charge in [-0.3, -0.25) is 15.0 Å². The normalized spacial score (nSPS) is 35.7. The van der Waals surface area contributed by atoms with Crippen molar-refractivity contribution in [2.75, 3.05) is 13.2 Å². The van der Waals surface area contributed by atoms with E-state index in [1.54, 1.807) is 6.08 Å². The molecule has 2 aliphatic heterocycles. The van der Waals surface area contributed by atoms with Crippen LogP contribution < -0.4 is 5.32 Å². The Hall–Kier alpha value is -1.70. The maximum atomic E-state index is 11.8.